The summed E-state index contributed by atoms with van der Waals surface area (Å²) in [5.41, 5.74) is -1.54. The van der Waals surface area contributed by atoms with Crippen LogP contribution in [0.2, 0.25) is 0 Å². The number of rotatable bonds is 2. The minimum Gasteiger partial charge on any atom is -0.481 e. The fourth-order valence-corrected chi connectivity index (χ4v) is 3.53. The first-order valence-electron chi connectivity index (χ1n) is 4.59. The van der Waals surface area contributed by atoms with Crippen LogP contribution in [0.1, 0.15) is 13.8 Å². The molecular weight excluding hydrogens is 215 g/mol. The zero-order valence-electron chi connectivity index (χ0n) is 8.97. The van der Waals surface area contributed by atoms with Crippen LogP contribution in [0.5, 0.6) is 0 Å². The van der Waals surface area contributed by atoms with Gasteiger partial charge >= 0.3 is 5.97 Å². The van der Waals surface area contributed by atoms with Gasteiger partial charge in [0.05, 0.1) is 5.66 Å². The molecule has 0 bridgehead atoms. The van der Waals surface area contributed by atoms with Gasteiger partial charge < -0.3 is 10.00 Å². The van der Waals surface area contributed by atoms with Crippen LogP contribution in [0.15, 0.2) is 23.8 Å². The van der Waals surface area contributed by atoms with Gasteiger partial charge in [-0.2, -0.15) is 0 Å². The Morgan fingerprint density at radius 2 is 2.13 bits per heavy atom. The minimum atomic E-state index is -3.46. The fourth-order valence-electron chi connectivity index (χ4n) is 1.84. The van der Waals surface area contributed by atoms with Crippen molar-refractivity contribution in [2.24, 2.45) is 5.41 Å². The Labute approximate surface area is 88.8 Å². The number of hydrogen-bond donors (Lipinski definition) is 2. The molecule has 0 heterocycles. The van der Waals surface area contributed by atoms with E-state index in [1.165, 1.54) is 19.7 Å². The molecule has 0 fully saturated rings. The third-order valence-electron chi connectivity index (χ3n) is 3.01. The first kappa shape index (κ1) is 12.2. The topological polar surface area (TPSA) is 74.6 Å². The first-order chi connectivity index (χ1) is 6.70. The van der Waals surface area contributed by atoms with Gasteiger partial charge in [0.2, 0.25) is 7.37 Å². The predicted octanol–water partition coefficient (Wildman–Crippen LogP) is 1.86. The van der Waals surface area contributed by atoms with Crippen LogP contribution >= 0.6 is 7.37 Å². The summed E-state index contributed by atoms with van der Waals surface area (Å²) < 4.78 is 11.6. The number of carboxylic acid groups (broad SMARTS) is 1. The smallest absolute Gasteiger partial charge is 0.314 e. The summed E-state index contributed by atoms with van der Waals surface area (Å²) >= 11 is 0. The van der Waals surface area contributed by atoms with Gasteiger partial charge in [-0.05, 0) is 13.8 Å². The SMILES string of the molecule is CC1=CC=CC(P(C)(=O)O)C1(C)C(=O)O. The second-order valence-electron chi connectivity index (χ2n) is 4.13. The van der Waals surface area contributed by atoms with E-state index in [0.29, 0.717) is 5.57 Å². The Hall–Kier alpha value is -0.860. The molecule has 0 radical (unpaired) electrons. The molecule has 0 aromatic heterocycles. The lowest BCUT2D eigenvalue weighted by Gasteiger charge is -2.36. The molecule has 0 aromatic rings. The van der Waals surface area contributed by atoms with Crippen molar-refractivity contribution in [3.8, 4) is 0 Å². The first-order valence-corrected chi connectivity index (χ1v) is 6.77. The van der Waals surface area contributed by atoms with Gasteiger partial charge in [0.25, 0.3) is 0 Å². The average molecular weight is 230 g/mol. The lowest BCUT2D eigenvalue weighted by molar-refractivity contribution is -0.145. The predicted molar refractivity (Wildman–Crippen MR) is 58.2 cm³/mol. The summed E-state index contributed by atoms with van der Waals surface area (Å²) in [6, 6.07) is 0. The lowest BCUT2D eigenvalue weighted by atomic mass is 9.77. The quantitative estimate of drug-likeness (QED) is 0.710. The maximum atomic E-state index is 11.6. The highest BCUT2D eigenvalue weighted by Crippen LogP contribution is 2.54. The molecule has 15 heavy (non-hydrogen) atoms. The molecule has 3 atom stereocenters. The summed E-state index contributed by atoms with van der Waals surface area (Å²) in [7, 11) is -3.46. The molecular formula is C10H15O4P. The van der Waals surface area contributed by atoms with Crippen molar-refractivity contribution in [3.05, 3.63) is 23.8 Å². The Kier molecular flexibility index (Phi) is 2.94. The Morgan fingerprint density at radius 3 is 2.47 bits per heavy atom. The van der Waals surface area contributed by atoms with Crippen LogP contribution < -0.4 is 0 Å². The third kappa shape index (κ3) is 1.92. The summed E-state index contributed by atoms with van der Waals surface area (Å²) in [6.07, 6.45) is 4.80. The standard InChI is InChI=1S/C10H15O4P/c1-7-5-4-6-8(15(3,13)14)10(7,2)9(11)12/h4-6,8H,1-3H3,(H,11,12)(H,13,14). The highest BCUT2D eigenvalue weighted by molar-refractivity contribution is 7.58. The van der Waals surface area contributed by atoms with Crippen molar-refractivity contribution in [1.29, 1.82) is 0 Å². The molecule has 5 heteroatoms. The van der Waals surface area contributed by atoms with E-state index in [-0.39, 0.29) is 0 Å². The second kappa shape index (κ2) is 3.62. The van der Waals surface area contributed by atoms with Gasteiger partial charge in [0, 0.05) is 6.66 Å². The molecule has 1 rings (SSSR count). The zero-order chi connectivity index (χ0) is 11.9. The molecule has 2 N–H and O–H groups in total. The van der Waals surface area contributed by atoms with Crippen LogP contribution in [-0.4, -0.2) is 28.3 Å². The van der Waals surface area contributed by atoms with Crippen molar-refractivity contribution in [1.82, 2.24) is 0 Å². The molecule has 3 unspecified atom stereocenters. The van der Waals surface area contributed by atoms with Gasteiger partial charge in [-0.15, -0.1) is 0 Å². The van der Waals surface area contributed by atoms with E-state index < -0.39 is 24.4 Å². The Balaban J connectivity index is 3.31. The number of carbonyl (C=O) groups is 1. The monoisotopic (exact) mass is 230 g/mol. The normalized spacial score (nSPS) is 34.4. The van der Waals surface area contributed by atoms with E-state index in [0.717, 1.165) is 0 Å². The molecule has 0 saturated heterocycles. The number of aliphatic carboxylic acids is 1. The van der Waals surface area contributed by atoms with Gasteiger partial charge in [-0.25, -0.2) is 0 Å². The van der Waals surface area contributed by atoms with Gasteiger partial charge in [0.1, 0.15) is 5.41 Å². The largest absolute Gasteiger partial charge is 0.481 e. The highest BCUT2D eigenvalue weighted by atomic mass is 31.2. The summed E-state index contributed by atoms with van der Waals surface area (Å²) in [4.78, 5) is 20.8. The van der Waals surface area contributed by atoms with Crippen molar-refractivity contribution in [3.63, 3.8) is 0 Å². The average Bonchev–Trinajstić information content (AvgIpc) is 2.07. The molecule has 0 saturated carbocycles. The molecule has 1 aliphatic carbocycles. The number of carboxylic acids is 1. The van der Waals surface area contributed by atoms with Crippen LogP contribution in [0.3, 0.4) is 0 Å². The van der Waals surface area contributed by atoms with Crippen LogP contribution in [-0.2, 0) is 9.36 Å². The summed E-state index contributed by atoms with van der Waals surface area (Å²) in [6.45, 7) is 4.35. The van der Waals surface area contributed by atoms with E-state index in [4.69, 9.17) is 0 Å². The molecule has 4 nitrogen and oxygen atoms in total. The van der Waals surface area contributed by atoms with Crippen molar-refractivity contribution in [2.75, 3.05) is 6.66 Å². The minimum absolute atomic E-state index is 0.596. The van der Waals surface area contributed by atoms with Crippen molar-refractivity contribution >= 4 is 13.3 Å². The molecule has 1 aliphatic rings. The molecule has 0 aliphatic heterocycles. The van der Waals surface area contributed by atoms with E-state index in [1.54, 1.807) is 19.1 Å². The maximum absolute atomic E-state index is 11.6. The maximum Gasteiger partial charge on any atom is 0.314 e. The van der Waals surface area contributed by atoms with Crippen LogP contribution in [0, 0.1) is 5.41 Å². The van der Waals surface area contributed by atoms with E-state index in [2.05, 4.69) is 0 Å². The van der Waals surface area contributed by atoms with Gasteiger partial charge in [-0.1, -0.05) is 23.8 Å². The zero-order valence-corrected chi connectivity index (χ0v) is 9.86. The van der Waals surface area contributed by atoms with Crippen molar-refractivity contribution < 1.29 is 19.4 Å². The van der Waals surface area contributed by atoms with E-state index in [9.17, 15) is 19.4 Å². The summed E-state index contributed by atoms with van der Waals surface area (Å²) in [5.74, 6) is -1.07. The highest BCUT2D eigenvalue weighted by Gasteiger charge is 2.49. The Bertz CT molecular complexity index is 390. The molecule has 84 valence electrons. The molecule has 0 spiro atoms. The van der Waals surface area contributed by atoms with E-state index >= 15 is 0 Å². The lowest BCUT2D eigenvalue weighted by Crippen LogP contribution is -2.40. The third-order valence-corrected chi connectivity index (χ3v) is 4.73. The molecule has 0 aromatic carbocycles. The Morgan fingerprint density at radius 1 is 1.60 bits per heavy atom. The van der Waals surface area contributed by atoms with E-state index in [1.807, 2.05) is 0 Å². The second-order valence-corrected chi connectivity index (χ2v) is 6.57. The van der Waals surface area contributed by atoms with Gasteiger partial charge in [0.15, 0.2) is 0 Å². The van der Waals surface area contributed by atoms with Crippen LogP contribution in [0.25, 0.3) is 0 Å². The van der Waals surface area contributed by atoms with Gasteiger partial charge in [-0.3, -0.25) is 9.36 Å². The summed E-state index contributed by atoms with van der Waals surface area (Å²) in [5, 5.41) is 9.19. The number of allylic oxidation sites excluding steroid dienone is 3. The molecule has 0 amide bonds. The fraction of sp³-hybridized carbons (Fsp3) is 0.500. The number of hydrogen-bond acceptors (Lipinski definition) is 2. The van der Waals surface area contributed by atoms with Crippen LogP contribution in [0.4, 0.5) is 0 Å². The van der Waals surface area contributed by atoms with Crippen molar-refractivity contribution in [2.45, 2.75) is 19.5 Å².